The Morgan fingerprint density at radius 2 is 2.12 bits per heavy atom. The molecule has 1 saturated heterocycles. The highest BCUT2D eigenvalue weighted by Gasteiger charge is 2.23. The maximum atomic E-state index is 11.4. The molecule has 1 aliphatic rings. The summed E-state index contributed by atoms with van der Waals surface area (Å²) in [4.78, 5) is 11.4. The first-order chi connectivity index (χ1) is 8.20. The molecular weight excluding hydrogens is 220 g/mol. The van der Waals surface area contributed by atoms with Crippen molar-refractivity contribution in [2.45, 2.75) is 18.9 Å². The van der Waals surface area contributed by atoms with Crippen molar-refractivity contribution in [1.82, 2.24) is 0 Å². The van der Waals surface area contributed by atoms with Gasteiger partial charge in [0.1, 0.15) is 18.5 Å². The fraction of sp³-hybridized carbons (Fsp3) is 0.462. The fourth-order valence-electron chi connectivity index (χ4n) is 1.52. The number of rotatable bonds is 5. The number of hydrogen-bond acceptors (Lipinski definition) is 4. The van der Waals surface area contributed by atoms with E-state index in [0.717, 1.165) is 17.9 Å². The molecule has 2 rings (SSSR count). The number of hydrogen-bond donors (Lipinski definition) is 0. The number of methoxy groups -OCH3 is 1. The maximum Gasteiger partial charge on any atom is 0.312 e. The average Bonchev–Trinajstić information content (AvgIpc) is 3.19. The predicted octanol–water partition coefficient (Wildman–Crippen LogP) is 1.74. The van der Waals surface area contributed by atoms with Crippen molar-refractivity contribution in [3.8, 4) is 5.75 Å². The van der Waals surface area contributed by atoms with Gasteiger partial charge in [-0.1, -0.05) is 12.1 Å². The third kappa shape index (κ3) is 3.20. The molecular formula is C13H16O4. The van der Waals surface area contributed by atoms with Crippen LogP contribution in [0, 0.1) is 0 Å². The Kier molecular flexibility index (Phi) is 3.64. The largest absolute Gasteiger partial charge is 0.491 e. The van der Waals surface area contributed by atoms with Crippen molar-refractivity contribution >= 4 is 5.97 Å². The molecule has 0 N–H and O–H groups in total. The number of epoxide rings is 1. The van der Waals surface area contributed by atoms with E-state index in [1.165, 1.54) is 7.11 Å². The summed E-state index contributed by atoms with van der Waals surface area (Å²) in [5.74, 6) is 0.312. The summed E-state index contributed by atoms with van der Waals surface area (Å²) in [6.07, 6.45) is 0.253. The fourth-order valence-corrected chi connectivity index (χ4v) is 1.52. The van der Waals surface area contributed by atoms with E-state index in [1.54, 1.807) is 0 Å². The van der Waals surface area contributed by atoms with Crippen molar-refractivity contribution in [3.63, 3.8) is 0 Å². The van der Waals surface area contributed by atoms with Gasteiger partial charge in [0.05, 0.1) is 19.6 Å². The number of benzene rings is 1. The molecule has 0 spiro atoms. The van der Waals surface area contributed by atoms with Crippen LogP contribution in [0.1, 0.15) is 18.4 Å². The lowest BCUT2D eigenvalue weighted by Gasteiger charge is -2.10. The second-order valence-electron chi connectivity index (χ2n) is 4.08. The van der Waals surface area contributed by atoms with Gasteiger partial charge in [0, 0.05) is 0 Å². The van der Waals surface area contributed by atoms with Crippen LogP contribution in [0.4, 0.5) is 0 Å². The van der Waals surface area contributed by atoms with Gasteiger partial charge in [0.15, 0.2) is 0 Å². The van der Waals surface area contributed by atoms with Crippen LogP contribution in [0.15, 0.2) is 24.3 Å². The molecule has 1 fully saturated rings. The molecule has 4 heteroatoms. The third-order valence-corrected chi connectivity index (χ3v) is 2.77. The van der Waals surface area contributed by atoms with Gasteiger partial charge in [0.25, 0.3) is 0 Å². The van der Waals surface area contributed by atoms with Gasteiger partial charge >= 0.3 is 5.97 Å². The summed E-state index contributed by atoms with van der Waals surface area (Å²) in [5.41, 5.74) is 0.923. The van der Waals surface area contributed by atoms with E-state index in [0.29, 0.717) is 6.61 Å². The molecule has 0 radical (unpaired) electrons. The van der Waals surface area contributed by atoms with Crippen LogP contribution in [-0.4, -0.2) is 32.4 Å². The molecule has 4 nitrogen and oxygen atoms in total. The molecule has 0 amide bonds. The van der Waals surface area contributed by atoms with E-state index < -0.39 is 0 Å². The number of carbonyl (C=O) groups excluding carboxylic acids is 1. The molecule has 92 valence electrons. The lowest BCUT2D eigenvalue weighted by Crippen LogP contribution is -2.10. The molecule has 2 atom stereocenters. The van der Waals surface area contributed by atoms with Crippen molar-refractivity contribution in [2.75, 3.05) is 20.3 Å². The Morgan fingerprint density at radius 1 is 1.47 bits per heavy atom. The second-order valence-corrected chi connectivity index (χ2v) is 4.08. The van der Waals surface area contributed by atoms with Gasteiger partial charge < -0.3 is 14.2 Å². The molecule has 0 bridgehead atoms. The van der Waals surface area contributed by atoms with Crippen LogP contribution in [-0.2, 0) is 14.3 Å². The van der Waals surface area contributed by atoms with Crippen LogP contribution >= 0.6 is 0 Å². The minimum Gasteiger partial charge on any atom is -0.491 e. The molecule has 0 unspecified atom stereocenters. The van der Waals surface area contributed by atoms with E-state index >= 15 is 0 Å². The van der Waals surface area contributed by atoms with Gasteiger partial charge in [-0.2, -0.15) is 0 Å². The highest BCUT2D eigenvalue weighted by atomic mass is 16.6. The summed E-state index contributed by atoms with van der Waals surface area (Å²) < 4.78 is 15.3. The minimum absolute atomic E-state index is 0.231. The third-order valence-electron chi connectivity index (χ3n) is 2.77. The van der Waals surface area contributed by atoms with Crippen LogP contribution < -0.4 is 4.74 Å². The van der Waals surface area contributed by atoms with E-state index in [2.05, 4.69) is 0 Å². The Hall–Kier alpha value is -1.55. The van der Waals surface area contributed by atoms with Crippen LogP contribution in [0.2, 0.25) is 0 Å². The van der Waals surface area contributed by atoms with E-state index in [1.807, 2.05) is 31.2 Å². The molecule has 17 heavy (non-hydrogen) atoms. The monoisotopic (exact) mass is 236 g/mol. The predicted molar refractivity (Wildman–Crippen MR) is 62.1 cm³/mol. The highest BCUT2D eigenvalue weighted by molar-refractivity contribution is 5.77. The van der Waals surface area contributed by atoms with Gasteiger partial charge in [-0.15, -0.1) is 0 Å². The van der Waals surface area contributed by atoms with Gasteiger partial charge in [-0.25, -0.2) is 0 Å². The van der Waals surface area contributed by atoms with Crippen molar-refractivity contribution in [1.29, 1.82) is 0 Å². The number of esters is 1. The topological polar surface area (TPSA) is 48.1 Å². The smallest absolute Gasteiger partial charge is 0.312 e. The van der Waals surface area contributed by atoms with Crippen LogP contribution in [0.3, 0.4) is 0 Å². The zero-order chi connectivity index (χ0) is 12.3. The van der Waals surface area contributed by atoms with Crippen LogP contribution in [0.5, 0.6) is 5.75 Å². The Morgan fingerprint density at radius 3 is 2.65 bits per heavy atom. The Balaban J connectivity index is 1.93. The van der Waals surface area contributed by atoms with Crippen molar-refractivity contribution in [2.24, 2.45) is 0 Å². The lowest BCUT2D eigenvalue weighted by molar-refractivity contribution is -0.141. The Bertz CT molecular complexity index is 381. The molecule has 1 aromatic carbocycles. The quantitative estimate of drug-likeness (QED) is 0.577. The zero-order valence-electron chi connectivity index (χ0n) is 10.0. The van der Waals surface area contributed by atoms with Crippen molar-refractivity contribution < 1.29 is 19.0 Å². The summed E-state index contributed by atoms with van der Waals surface area (Å²) in [5, 5.41) is 0. The van der Waals surface area contributed by atoms with Crippen molar-refractivity contribution in [3.05, 3.63) is 29.8 Å². The molecule has 1 heterocycles. The first kappa shape index (κ1) is 11.9. The normalized spacial score (nSPS) is 19.5. The first-order valence-electron chi connectivity index (χ1n) is 5.63. The second kappa shape index (κ2) is 5.19. The summed E-state index contributed by atoms with van der Waals surface area (Å²) in [6.45, 7) is 3.20. The minimum atomic E-state index is -0.249. The number of carbonyl (C=O) groups is 1. The lowest BCUT2D eigenvalue weighted by atomic mass is 10.0. The molecule has 1 aromatic rings. The number of ether oxygens (including phenoxy) is 3. The van der Waals surface area contributed by atoms with E-state index in [4.69, 9.17) is 14.2 Å². The Labute approximate surface area is 100 Å². The molecule has 0 aliphatic carbocycles. The van der Waals surface area contributed by atoms with E-state index in [9.17, 15) is 4.79 Å². The molecule has 0 aromatic heterocycles. The molecule has 1 aliphatic heterocycles. The summed E-state index contributed by atoms with van der Waals surface area (Å²) in [6, 6.07) is 7.48. The van der Waals surface area contributed by atoms with Gasteiger partial charge in [-0.3, -0.25) is 4.79 Å². The van der Waals surface area contributed by atoms with Gasteiger partial charge in [-0.05, 0) is 24.6 Å². The highest BCUT2D eigenvalue weighted by Crippen LogP contribution is 2.21. The van der Waals surface area contributed by atoms with Crippen LogP contribution in [0.25, 0.3) is 0 Å². The zero-order valence-corrected chi connectivity index (χ0v) is 10.0. The average molecular weight is 236 g/mol. The van der Waals surface area contributed by atoms with E-state index in [-0.39, 0.29) is 18.0 Å². The standard InChI is InChI=1S/C13H16O4/c1-9(13(14)15-2)10-3-5-11(6-4-10)16-7-12-8-17-12/h3-6,9,12H,7-8H2,1-2H3/t9-,12-/m0/s1. The SMILES string of the molecule is COC(=O)[C@@H](C)c1ccc(OC[C@H]2CO2)cc1. The van der Waals surface area contributed by atoms with Gasteiger partial charge in [0.2, 0.25) is 0 Å². The summed E-state index contributed by atoms with van der Waals surface area (Å²) >= 11 is 0. The first-order valence-corrected chi connectivity index (χ1v) is 5.63. The summed E-state index contributed by atoms with van der Waals surface area (Å²) in [7, 11) is 1.39. The molecule has 0 saturated carbocycles. The maximum absolute atomic E-state index is 11.4.